The first kappa shape index (κ1) is 41.8. The van der Waals surface area contributed by atoms with Crippen molar-refractivity contribution < 1.29 is 0 Å². The molecule has 1 rings (SSSR count). The summed E-state index contributed by atoms with van der Waals surface area (Å²) in [4.78, 5) is 3.43. The zero-order chi connectivity index (χ0) is 32.1. The molecule has 45 heavy (non-hydrogen) atoms. The van der Waals surface area contributed by atoms with Gasteiger partial charge in [-0.1, -0.05) is 225 Å². The Morgan fingerprint density at radius 2 is 0.667 bits per heavy atom. The van der Waals surface area contributed by atoms with Crippen molar-refractivity contribution in [2.75, 3.05) is 0 Å². The fraction of sp³-hybridized carbons (Fsp3) is 0.818. The molecule has 0 fully saturated rings. The van der Waals surface area contributed by atoms with Gasteiger partial charge in [0.05, 0.1) is 0 Å². The van der Waals surface area contributed by atoms with Gasteiger partial charge in [0, 0.05) is 11.9 Å². The van der Waals surface area contributed by atoms with Crippen molar-refractivity contribution in [3.8, 4) is 0 Å². The summed E-state index contributed by atoms with van der Waals surface area (Å²) in [5, 5.41) is 0. The van der Waals surface area contributed by atoms with Crippen LogP contribution < -0.4 is 0 Å². The van der Waals surface area contributed by atoms with Gasteiger partial charge in [-0.3, -0.25) is 0 Å². The van der Waals surface area contributed by atoms with E-state index in [-0.39, 0.29) is 0 Å². The molecule has 0 aliphatic rings. The molecule has 1 heterocycles. The third kappa shape index (κ3) is 29.9. The first-order valence-electron chi connectivity index (χ1n) is 20.9. The number of hydrogen-bond donors (Lipinski definition) is 1. The molecule has 1 nitrogen and oxygen atoms in total. The van der Waals surface area contributed by atoms with E-state index in [0.717, 1.165) is 0 Å². The minimum atomic E-state index is 1.21. The number of aromatic amines is 1. The summed E-state index contributed by atoms with van der Waals surface area (Å²) in [7, 11) is 0. The minimum absolute atomic E-state index is 1.21. The molecule has 0 bridgehead atoms. The lowest BCUT2D eigenvalue weighted by molar-refractivity contribution is 0.530. The van der Waals surface area contributed by atoms with Gasteiger partial charge in [0.2, 0.25) is 0 Å². The lowest BCUT2D eigenvalue weighted by Crippen LogP contribution is -1.83. The van der Waals surface area contributed by atoms with Gasteiger partial charge < -0.3 is 4.98 Å². The molecule has 1 aromatic rings. The first-order valence-corrected chi connectivity index (χ1v) is 20.9. The van der Waals surface area contributed by atoms with E-state index in [1.807, 2.05) is 0 Å². The van der Waals surface area contributed by atoms with Gasteiger partial charge in [-0.15, -0.1) is 0 Å². The van der Waals surface area contributed by atoms with Crippen molar-refractivity contribution in [3.63, 3.8) is 0 Å². The van der Waals surface area contributed by atoms with Crippen molar-refractivity contribution >= 4 is 12.2 Å². The zero-order valence-electron chi connectivity index (χ0n) is 31.0. The van der Waals surface area contributed by atoms with E-state index in [9.17, 15) is 0 Å². The van der Waals surface area contributed by atoms with Gasteiger partial charge in [0.1, 0.15) is 0 Å². The lowest BCUT2D eigenvalue weighted by atomic mass is 10.0. The van der Waals surface area contributed by atoms with Crippen molar-refractivity contribution in [2.24, 2.45) is 0 Å². The zero-order valence-corrected chi connectivity index (χ0v) is 31.0. The van der Waals surface area contributed by atoms with Crippen molar-refractivity contribution in [1.82, 2.24) is 4.98 Å². The second kappa shape index (κ2) is 35.6. The highest BCUT2D eigenvalue weighted by Crippen LogP contribution is 2.17. The molecule has 1 heteroatoms. The van der Waals surface area contributed by atoms with Crippen LogP contribution in [-0.4, -0.2) is 4.98 Å². The Morgan fingerprint density at radius 1 is 0.378 bits per heavy atom. The molecule has 1 aromatic heterocycles. The van der Waals surface area contributed by atoms with E-state index in [0.29, 0.717) is 0 Å². The number of aromatic nitrogens is 1. The van der Waals surface area contributed by atoms with Crippen LogP contribution in [0.1, 0.15) is 243 Å². The van der Waals surface area contributed by atoms with Crippen LogP contribution in [0.3, 0.4) is 0 Å². The van der Waals surface area contributed by atoms with Crippen LogP contribution in [0.25, 0.3) is 12.2 Å². The number of allylic oxidation sites excluding steroid dienone is 2. The van der Waals surface area contributed by atoms with Gasteiger partial charge in [-0.05, 0) is 43.4 Å². The molecule has 0 saturated heterocycles. The molecular weight excluding hydrogens is 542 g/mol. The Labute approximate surface area is 284 Å². The molecule has 0 unspecified atom stereocenters. The Hall–Kier alpha value is -1.24. The summed E-state index contributed by atoms with van der Waals surface area (Å²) >= 11 is 0. The highest BCUT2D eigenvalue weighted by molar-refractivity contribution is 5.62. The normalized spacial score (nSPS) is 12.0. The average Bonchev–Trinajstić information content (AvgIpc) is 3.50. The van der Waals surface area contributed by atoms with E-state index >= 15 is 0 Å². The second-order valence-electron chi connectivity index (χ2n) is 14.3. The third-order valence-electron chi connectivity index (χ3n) is 9.84. The molecule has 0 aliphatic heterocycles. The van der Waals surface area contributed by atoms with Gasteiger partial charge in [0.15, 0.2) is 0 Å². The highest BCUT2D eigenvalue weighted by atomic mass is 14.7. The van der Waals surface area contributed by atoms with Crippen LogP contribution >= 0.6 is 0 Å². The number of hydrogen-bond acceptors (Lipinski definition) is 0. The topological polar surface area (TPSA) is 15.8 Å². The molecular formula is C44H81N. The fourth-order valence-corrected chi connectivity index (χ4v) is 6.72. The minimum Gasteiger partial charge on any atom is -0.361 e. The monoisotopic (exact) mass is 624 g/mol. The summed E-state index contributed by atoms with van der Waals surface area (Å²) in [6.07, 6.45) is 60.0. The van der Waals surface area contributed by atoms with Crippen molar-refractivity contribution in [1.29, 1.82) is 0 Å². The molecule has 262 valence electrons. The predicted molar refractivity (Wildman–Crippen MR) is 207 cm³/mol. The summed E-state index contributed by atoms with van der Waals surface area (Å²) in [6, 6.07) is 2.22. The maximum atomic E-state index is 3.43. The van der Waals surface area contributed by atoms with Gasteiger partial charge >= 0.3 is 0 Å². The standard InChI is InChI=1S/C44H81N/c1-3-5-7-9-11-13-15-17-19-21-23-25-27-29-31-33-35-37-39-43-41-42-45-44(43)40-38-36-34-32-30-28-26-24-22-20-18-16-14-12-10-8-6-4-2/h37-42,45H,3-36H2,1-2H3/b39-37+,40-38+. The quantitative estimate of drug-likeness (QED) is 0.0716. The summed E-state index contributed by atoms with van der Waals surface area (Å²) in [6.45, 7) is 4.61. The largest absolute Gasteiger partial charge is 0.361 e. The molecule has 0 radical (unpaired) electrons. The molecule has 0 amide bonds. The maximum absolute atomic E-state index is 3.43. The Balaban J connectivity index is 1.87. The van der Waals surface area contributed by atoms with E-state index in [2.05, 4.69) is 55.4 Å². The first-order chi connectivity index (χ1) is 22.4. The number of unbranched alkanes of at least 4 members (excludes halogenated alkanes) is 32. The van der Waals surface area contributed by atoms with Crippen LogP contribution in [0.15, 0.2) is 24.4 Å². The highest BCUT2D eigenvalue weighted by Gasteiger charge is 1.98. The molecule has 0 aliphatic carbocycles. The SMILES string of the molecule is CCCCCCCCCCCCCCCCCC/C=C/c1cc[nH]c1/C=C/CCCCCCCCCCCCCCCCCC. The average molecular weight is 624 g/mol. The molecule has 1 N–H and O–H groups in total. The van der Waals surface area contributed by atoms with E-state index in [1.165, 1.54) is 230 Å². The number of rotatable bonds is 36. The predicted octanol–water partition coefficient (Wildman–Crippen LogP) is 16.3. The summed E-state index contributed by atoms with van der Waals surface area (Å²) < 4.78 is 0. The van der Waals surface area contributed by atoms with Gasteiger partial charge in [-0.25, -0.2) is 0 Å². The van der Waals surface area contributed by atoms with Crippen molar-refractivity contribution in [3.05, 3.63) is 35.7 Å². The third-order valence-corrected chi connectivity index (χ3v) is 9.84. The molecule has 0 atom stereocenters. The van der Waals surface area contributed by atoms with E-state index < -0.39 is 0 Å². The van der Waals surface area contributed by atoms with Gasteiger partial charge in [0.25, 0.3) is 0 Å². The number of H-pyrrole nitrogens is 1. The van der Waals surface area contributed by atoms with E-state index in [1.54, 1.807) is 0 Å². The molecule has 0 saturated carbocycles. The molecule has 0 spiro atoms. The van der Waals surface area contributed by atoms with Crippen LogP contribution in [0.4, 0.5) is 0 Å². The second-order valence-corrected chi connectivity index (χ2v) is 14.3. The lowest BCUT2D eigenvalue weighted by Gasteiger charge is -2.03. The summed E-state index contributed by atoms with van der Waals surface area (Å²) in [5.41, 5.74) is 2.62. The van der Waals surface area contributed by atoms with Crippen molar-refractivity contribution in [2.45, 2.75) is 232 Å². The summed E-state index contributed by atoms with van der Waals surface area (Å²) in [5.74, 6) is 0. The van der Waals surface area contributed by atoms with Crippen LogP contribution in [0.2, 0.25) is 0 Å². The van der Waals surface area contributed by atoms with Crippen LogP contribution in [0, 0.1) is 0 Å². The Bertz CT molecular complexity index is 679. The maximum Gasteiger partial charge on any atom is 0.0450 e. The van der Waals surface area contributed by atoms with Gasteiger partial charge in [-0.2, -0.15) is 0 Å². The molecule has 0 aromatic carbocycles. The smallest absolute Gasteiger partial charge is 0.0450 e. The fourth-order valence-electron chi connectivity index (χ4n) is 6.72. The van der Waals surface area contributed by atoms with Crippen LogP contribution in [-0.2, 0) is 0 Å². The Kier molecular flexibility index (Phi) is 33.1. The van der Waals surface area contributed by atoms with E-state index in [4.69, 9.17) is 0 Å². The Morgan fingerprint density at radius 3 is 1.00 bits per heavy atom. The van der Waals surface area contributed by atoms with Crippen LogP contribution in [0.5, 0.6) is 0 Å². The number of nitrogens with one attached hydrogen (secondary N) is 1.